The number of Topliss-reactive ketones (excluding diaryl/α,β-unsaturated/α-hetero) is 1. The van der Waals surface area contributed by atoms with Crippen molar-refractivity contribution in [2.75, 3.05) is 0 Å². The topological polar surface area (TPSA) is 37.3 Å². The molecule has 0 atom stereocenters. The molecule has 0 aliphatic heterocycles. The summed E-state index contributed by atoms with van der Waals surface area (Å²) in [5.41, 5.74) is 4.37. The molecular formula is C17H16O2. The van der Waals surface area contributed by atoms with Crippen LogP contribution in [0.1, 0.15) is 34.8 Å². The van der Waals surface area contributed by atoms with Gasteiger partial charge in [-0.1, -0.05) is 43.3 Å². The first-order chi connectivity index (χ1) is 9.22. The molecule has 0 fully saturated rings. The van der Waals surface area contributed by atoms with Crippen molar-refractivity contribution in [3.8, 4) is 16.9 Å². The van der Waals surface area contributed by atoms with Crippen molar-refractivity contribution in [1.82, 2.24) is 0 Å². The van der Waals surface area contributed by atoms with E-state index < -0.39 is 0 Å². The van der Waals surface area contributed by atoms with E-state index in [9.17, 15) is 9.90 Å². The molecule has 96 valence electrons. The largest absolute Gasteiger partial charge is 0.507 e. The molecule has 0 radical (unpaired) electrons. The monoisotopic (exact) mass is 252 g/mol. The minimum Gasteiger partial charge on any atom is -0.507 e. The summed E-state index contributed by atoms with van der Waals surface area (Å²) in [6.07, 6.45) is 2.12. The van der Waals surface area contributed by atoms with Crippen molar-refractivity contribution in [2.24, 2.45) is 0 Å². The van der Waals surface area contributed by atoms with Crippen LogP contribution in [0.15, 0.2) is 36.4 Å². The van der Waals surface area contributed by atoms with Crippen molar-refractivity contribution in [2.45, 2.75) is 26.2 Å². The Hall–Kier alpha value is -2.09. The van der Waals surface area contributed by atoms with Gasteiger partial charge in [-0.25, -0.2) is 0 Å². The van der Waals surface area contributed by atoms with Gasteiger partial charge in [-0.3, -0.25) is 4.79 Å². The van der Waals surface area contributed by atoms with Crippen LogP contribution < -0.4 is 0 Å². The van der Waals surface area contributed by atoms with E-state index in [1.54, 1.807) is 0 Å². The Bertz CT molecular complexity index is 642. The lowest BCUT2D eigenvalue weighted by molar-refractivity contribution is 0.0995. The average Bonchev–Trinajstić information content (AvgIpc) is 2.80. The molecule has 2 heteroatoms. The summed E-state index contributed by atoms with van der Waals surface area (Å²) in [7, 11) is 0. The lowest BCUT2D eigenvalue weighted by atomic mass is 9.92. The normalized spacial score (nSPS) is 13.6. The molecule has 19 heavy (non-hydrogen) atoms. The molecule has 0 bridgehead atoms. The summed E-state index contributed by atoms with van der Waals surface area (Å²) >= 11 is 0. The SMILES string of the molecule is CCc1cc2c(c(-c3ccccc3)c1O)C(=O)CC2. The average molecular weight is 252 g/mol. The van der Waals surface area contributed by atoms with Crippen molar-refractivity contribution in [3.05, 3.63) is 53.1 Å². The highest BCUT2D eigenvalue weighted by atomic mass is 16.3. The van der Waals surface area contributed by atoms with Crippen molar-refractivity contribution in [1.29, 1.82) is 0 Å². The molecule has 0 amide bonds. The molecule has 1 N–H and O–H groups in total. The Labute approximate surface area is 112 Å². The highest BCUT2D eigenvalue weighted by molar-refractivity contribution is 6.07. The third-order valence-electron chi connectivity index (χ3n) is 3.80. The van der Waals surface area contributed by atoms with Gasteiger partial charge < -0.3 is 5.11 Å². The molecule has 2 nitrogen and oxygen atoms in total. The number of benzene rings is 2. The van der Waals surface area contributed by atoms with E-state index in [2.05, 4.69) is 0 Å². The summed E-state index contributed by atoms with van der Waals surface area (Å²) in [4.78, 5) is 12.1. The van der Waals surface area contributed by atoms with Crippen LogP contribution in [0.25, 0.3) is 11.1 Å². The standard InChI is InChI=1S/C17H16O2/c1-2-11-10-13-8-9-14(18)15(13)16(17(11)19)12-6-4-3-5-7-12/h3-7,10,19H,2,8-9H2,1H3. The molecule has 3 rings (SSSR count). The second-order valence-electron chi connectivity index (χ2n) is 4.94. The fraction of sp³-hybridized carbons (Fsp3) is 0.235. The zero-order valence-corrected chi connectivity index (χ0v) is 10.9. The third-order valence-corrected chi connectivity index (χ3v) is 3.80. The van der Waals surface area contributed by atoms with Gasteiger partial charge in [0.1, 0.15) is 5.75 Å². The molecule has 0 aromatic heterocycles. The van der Waals surface area contributed by atoms with Gasteiger partial charge in [0.05, 0.1) is 0 Å². The predicted octanol–water partition coefficient (Wildman–Crippen LogP) is 3.75. The Balaban J connectivity index is 2.34. The molecule has 0 spiro atoms. The first-order valence-electron chi connectivity index (χ1n) is 6.68. The number of phenolic OH excluding ortho intramolecular Hbond substituents is 1. The van der Waals surface area contributed by atoms with E-state index in [1.807, 2.05) is 43.3 Å². The zero-order chi connectivity index (χ0) is 13.4. The highest BCUT2D eigenvalue weighted by Gasteiger charge is 2.27. The fourth-order valence-corrected chi connectivity index (χ4v) is 2.83. The van der Waals surface area contributed by atoms with Gasteiger partial charge in [0.15, 0.2) is 5.78 Å². The van der Waals surface area contributed by atoms with Crippen LogP contribution in [0, 0.1) is 0 Å². The van der Waals surface area contributed by atoms with Gasteiger partial charge in [-0.2, -0.15) is 0 Å². The maximum absolute atomic E-state index is 12.1. The first-order valence-corrected chi connectivity index (χ1v) is 6.68. The Morgan fingerprint density at radius 2 is 1.84 bits per heavy atom. The van der Waals surface area contributed by atoms with Crippen LogP contribution >= 0.6 is 0 Å². The Kier molecular flexibility index (Phi) is 2.86. The van der Waals surface area contributed by atoms with Gasteiger partial charge in [0.25, 0.3) is 0 Å². The smallest absolute Gasteiger partial charge is 0.164 e. The van der Waals surface area contributed by atoms with E-state index in [-0.39, 0.29) is 11.5 Å². The summed E-state index contributed by atoms with van der Waals surface area (Å²) in [6, 6.07) is 11.7. The van der Waals surface area contributed by atoms with E-state index in [0.29, 0.717) is 6.42 Å². The number of hydrogen-bond donors (Lipinski definition) is 1. The molecule has 1 aliphatic carbocycles. The zero-order valence-electron chi connectivity index (χ0n) is 10.9. The number of aromatic hydroxyl groups is 1. The predicted molar refractivity (Wildman–Crippen MR) is 75.6 cm³/mol. The van der Waals surface area contributed by atoms with Gasteiger partial charge in [-0.05, 0) is 29.5 Å². The van der Waals surface area contributed by atoms with Crippen LogP contribution in [0.3, 0.4) is 0 Å². The number of carbonyl (C=O) groups is 1. The van der Waals surface area contributed by atoms with Crippen LogP contribution in [-0.4, -0.2) is 10.9 Å². The summed E-state index contributed by atoms with van der Waals surface area (Å²) in [5, 5.41) is 10.5. The van der Waals surface area contributed by atoms with Crippen LogP contribution in [-0.2, 0) is 12.8 Å². The van der Waals surface area contributed by atoms with Crippen molar-refractivity contribution in [3.63, 3.8) is 0 Å². The van der Waals surface area contributed by atoms with E-state index in [0.717, 1.165) is 40.7 Å². The number of carbonyl (C=O) groups excluding carboxylic acids is 1. The molecule has 0 saturated heterocycles. The maximum Gasteiger partial charge on any atom is 0.164 e. The summed E-state index contributed by atoms with van der Waals surface area (Å²) in [5.74, 6) is 0.412. The molecule has 2 aromatic carbocycles. The Morgan fingerprint density at radius 1 is 1.11 bits per heavy atom. The van der Waals surface area contributed by atoms with Gasteiger partial charge >= 0.3 is 0 Å². The number of aryl methyl sites for hydroxylation is 2. The van der Waals surface area contributed by atoms with Crippen LogP contribution in [0.5, 0.6) is 5.75 Å². The minimum absolute atomic E-state index is 0.145. The lowest BCUT2D eigenvalue weighted by Crippen LogP contribution is -1.99. The van der Waals surface area contributed by atoms with Crippen LogP contribution in [0.4, 0.5) is 0 Å². The van der Waals surface area contributed by atoms with E-state index >= 15 is 0 Å². The summed E-state index contributed by atoms with van der Waals surface area (Å²) < 4.78 is 0. The molecule has 0 unspecified atom stereocenters. The fourth-order valence-electron chi connectivity index (χ4n) is 2.83. The van der Waals surface area contributed by atoms with Crippen LogP contribution in [0.2, 0.25) is 0 Å². The molecule has 0 heterocycles. The number of hydrogen-bond acceptors (Lipinski definition) is 2. The van der Waals surface area contributed by atoms with Gasteiger partial charge in [0.2, 0.25) is 0 Å². The number of phenols is 1. The van der Waals surface area contributed by atoms with Crippen molar-refractivity contribution < 1.29 is 9.90 Å². The van der Waals surface area contributed by atoms with Gasteiger partial charge in [0, 0.05) is 17.5 Å². The molecule has 1 aliphatic rings. The molecular weight excluding hydrogens is 236 g/mol. The van der Waals surface area contributed by atoms with Gasteiger partial charge in [-0.15, -0.1) is 0 Å². The molecule has 0 saturated carbocycles. The lowest BCUT2D eigenvalue weighted by Gasteiger charge is -2.14. The van der Waals surface area contributed by atoms with E-state index in [1.165, 1.54) is 0 Å². The minimum atomic E-state index is 0.145. The highest BCUT2D eigenvalue weighted by Crippen LogP contribution is 2.41. The maximum atomic E-state index is 12.1. The van der Waals surface area contributed by atoms with E-state index in [4.69, 9.17) is 0 Å². The first kappa shape index (κ1) is 12.0. The quantitative estimate of drug-likeness (QED) is 0.883. The number of ketones is 1. The van der Waals surface area contributed by atoms with Crippen molar-refractivity contribution >= 4 is 5.78 Å². The second-order valence-corrected chi connectivity index (χ2v) is 4.94. The Morgan fingerprint density at radius 3 is 2.53 bits per heavy atom. The summed E-state index contributed by atoms with van der Waals surface area (Å²) in [6.45, 7) is 2.02. The number of rotatable bonds is 2. The second kappa shape index (κ2) is 4.54. The third kappa shape index (κ3) is 1.84. The number of fused-ring (bicyclic) bond motifs is 1. The molecule has 2 aromatic rings.